The molecule has 0 aromatic heterocycles. The monoisotopic (exact) mass is 1020 g/mol. The van der Waals surface area contributed by atoms with Crippen LogP contribution in [0.3, 0.4) is 0 Å². The third-order valence-corrected chi connectivity index (χ3v) is 14.7. The van der Waals surface area contributed by atoms with Gasteiger partial charge in [-0.1, -0.05) is 55.1 Å². The number of ether oxygens (including phenoxy) is 2. The summed E-state index contributed by atoms with van der Waals surface area (Å²) in [6.45, 7) is 27.6. The third-order valence-electron chi connectivity index (χ3n) is 14.7. The van der Waals surface area contributed by atoms with Crippen LogP contribution < -0.4 is 35.0 Å². The summed E-state index contributed by atoms with van der Waals surface area (Å²) in [6, 6.07) is 43.7. The minimum absolute atomic E-state index is 0.0407. The summed E-state index contributed by atoms with van der Waals surface area (Å²) >= 11 is 0. The van der Waals surface area contributed by atoms with Crippen LogP contribution in [0.4, 0.5) is 16.2 Å². The minimum atomic E-state index is -0.567. The largest absolute Gasteiger partial charge is 0.460 e. The van der Waals surface area contributed by atoms with Gasteiger partial charge in [0, 0.05) is 107 Å². The highest BCUT2D eigenvalue weighted by Gasteiger charge is 2.23. The second-order valence-corrected chi connectivity index (χ2v) is 19.6. The van der Waals surface area contributed by atoms with Crippen molar-refractivity contribution in [2.45, 2.75) is 81.1 Å². The van der Waals surface area contributed by atoms with Crippen LogP contribution in [0.25, 0.3) is 66.8 Å². The lowest BCUT2D eigenvalue weighted by Gasteiger charge is -2.24. The molecule has 0 unspecified atom stereocenters. The number of rotatable bonds is 23. The molecule has 0 fully saturated rings. The van der Waals surface area contributed by atoms with Gasteiger partial charge >= 0.3 is 12.1 Å². The summed E-state index contributed by atoms with van der Waals surface area (Å²) in [5.41, 5.74) is 13.6. The number of benzene rings is 6. The Morgan fingerprint density at radius 1 is 0.566 bits per heavy atom. The van der Waals surface area contributed by atoms with Crippen molar-refractivity contribution in [2.75, 3.05) is 81.9 Å². The Balaban J connectivity index is 0.981. The summed E-state index contributed by atoms with van der Waals surface area (Å²) in [7, 11) is 0. The van der Waals surface area contributed by atoms with E-state index >= 15 is 0 Å². The average molecular weight is 1020 g/mol. The molecule has 396 valence electrons. The van der Waals surface area contributed by atoms with E-state index in [-0.39, 0.29) is 19.8 Å². The first-order valence-electron chi connectivity index (χ1n) is 27.5. The number of esters is 1. The van der Waals surface area contributed by atoms with Crippen LogP contribution in [0.15, 0.2) is 142 Å². The Kier molecular flexibility index (Phi) is 18.5. The zero-order valence-corrected chi connectivity index (χ0v) is 46.1. The Morgan fingerprint density at radius 2 is 1.05 bits per heavy atom. The van der Waals surface area contributed by atoms with E-state index in [1.54, 1.807) is 6.92 Å². The van der Waals surface area contributed by atoms with Crippen LogP contribution in [0.5, 0.6) is 0 Å². The molecule has 11 nitrogen and oxygen atoms in total. The first-order valence-corrected chi connectivity index (χ1v) is 27.5. The van der Waals surface area contributed by atoms with Crippen molar-refractivity contribution in [1.82, 2.24) is 14.5 Å². The maximum Gasteiger partial charge on any atom is 0.407 e. The number of amides is 1. The number of unbranched alkanes of at least 4 members (excludes halogenated alkanes) is 3. The molecule has 1 amide bonds. The number of aryl methyl sites for hydroxylation is 2. The molecule has 2 aliphatic heterocycles. The summed E-state index contributed by atoms with van der Waals surface area (Å²) in [5.74, 6) is 1.25. The van der Waals surface area contributed by atoms with Gasteiger partial charge in [0.2, 0.25) is 10.7 Å². The fourth-order valence-corrected chi connectivity index (χ4v) is 10.5. The van der Waals surface area contributed by atoms with Crippen molar-refractivity contribution in [2.24, 2.45) is 0 Å². The van der Waals surface area contributed by atoms with Crippen molar-refractivity contribution in [1.29, 1.82) is 0 Å². The third kappa shape index (κ3) is 12.5. The first-order chi connectivity index (χ1) is 37.0. The molecule has 0 atom stereocenters. The molecule has 2 aliphatic carbocycles. The average Bonchev–Trinajstić information content (AvgIpc) is 3.44. The Morgan fingerprint density at radius 3 is 1.51 bits per heavy atom. The number of nitrogens with zero attached hydrogens (tertiary/aromatic N) is 4. The second kappa shape index (κ2) is 25.7. The lowest BCUT2D eigenvalue weighted by molar-refractivity contribution is -0.138. The van der Waals surface area contributed by atoms with Gasteiger partial charge in [0.05, 0.1) is 25.2 Å². The van der Waals surface area contributed by atoms with Crippen molar-refractivity contribution in [3.05, 3.63) is 155 Å². The quantitative estimate of drug-likeness (QED) is 0.0222. The summed E-state index contributed by atoms with van der Waals surface area (Å²) in [4.78, 5) is 28.6. The molecule has 0 radical (unpaired) electrons. The van der Waals surface area contributed by atoms with Gasteiger partial charge in [-0.05, 0) is 127 Å². The molecule has 76 heavy (non-hydrogen) atoms. The predicted molar refractivity (Wildman–Crippen MR) is 312 cm³/mol. The summed E-state index contributed by atoms with van der Waals surface area (Å²) in [5, 5.41) is 7.13. The molecular weight excluding hydrogens is 947 g/mol. The van der Waals surface area contributed by atoms with Gasteiger partial charge in [-0.25, -0.2) is 18.7 Å². The number of nitrogens with one attached hydrogen (secondary N) is 1. The highest BCUT2D eigenvalue weighted by molar-refractivity contribution is 6.04. The predicted octanol–water partition coefficient (Wildman–Crippen LogP) is 12.7. The van der Waals surface area contributed by atoms with E-state index in [2.05, 4.69) is 201 Å². The van der Waals surface area contributed by atoms with E-state index in [0.717, 1.165) is 126 Å². The fourth-order valence-electron chi connectivity index (χ4n) is 10.5. The standard InChI is InChI=1S/C65H76N5O6/c1-10-67(11-2)48-27-31-54-58(41-48)75-59-42-49(28-32-55(59)62(54)52-25-19-17-23-46(52)8)68(12-3)36-21-15-16-22-37-69(13-4)50-29-33-56-60(43-50)76-61-44-51(30-34-57(61)63(56)53-26-20-18-24-47(53)9)70(14-5)38-40-74-65(72)66-35-39-73-64(71)45(6)7/h17-20,23-34,41-44H,6,10-16,21-22,35-40H2,1-5,7-9H3/q+1/p+1. The number of hydrogen-bond donors (Lipinski definition) is 1. The number of fused-ring (bicyclic) bond motifs is 4. The molecular formula is C65H77N5O6+2. The zero-order chi connectivity index (χ0) is 53.7. The van der Waals surface area contributed by atoms with Gasteiger partial charge in [-0.15, -0.1) is 0 Å². The van der Waals surface area contributed by atoms with Crippen molar-refractivity contribution >= 4 is 45.4 Å². The Hall–Kier alpha value is -7.66. The van der Waals surface area contributed by atoms with Crippen LogP contribution in [0.1, 0.15) is 78.4 Å². The SMILES string of the molecule is C=C(C)C(=O)OCCNC(=O)OCCN(CC)c1ccc2c(-c3ccccc3C)c3ccc(=[N+](CC)CCCCCC[N+](CC)=c4ccc5c(-c6ccccc6C)c6ccc(N(CC)CC)cc6oc-5c4)cc-3oc2c1. The lowest BCUT2D eigenvalue weighted by Crippen LogP contribution is -2.32. The van der Waals surface area contributed by atoms with Gasteiger partial charge in [-0.3, -0.25) is 0 Å². The molecule has 0 spiro atoms. The number of anilines is 2. The number of carbonyl (C=O) groups is 2. The molecule has 4 aliphatic rings. The van der Waals surface area contributed by atoms with Crippen LogP contribution in [-0.4, -0.2) is 84.2 Å². The maximum absolute atomic E-state index is 12.4. The first kappa shape index (κ1) is 54.6. The van der Waals surface area contributed by atoms with E-state index in [9.17, 15) is 9.59 Å². The lowest BCUT2D eigenvalue weighted by atomic mass is 9.91. The van der Waals surface area contributed by atoms with E-state index in [0.29, 0.717) is 18.7 Å². The molecule has 8 rings (SSSR count). The molecule has 2 heterocycles. The number of hydrogen-bond acceptors (Lipinski definition) is 8. The van der Waals surface area contributed by atoms with Crippen molar-refractivity contribution in [3.8, 4) is 44.9 Å². The molecule has 1 N–H and O–H groups in total. The van der Waals surface area contributed by atoms with Gasteiger partial charge < -0.3 is 33.4 Å². The summed E-state index contributed by atoms with van der Waals surface area (Å²) in [6.07, 6.45) is 3.91. The maximum atomic E-state index is 12.4. The number of likely N-dealkylation sites (N-methyl/N-ethyl adjacent to an activating group) is 1. The highest BCUT2D eigenvalue weighted by atomic mass is 16.6. The van der Waals surface area contributed by atoms with Gasteiger partial charge in [-0.2, -0.15) is 0 Å². The molecule has 0 bridgehead atoms. The van der Waals surface area contributed by atoms with E-state index < -0.39 is 12.1 Å². The molecule has 11 heteroatoms. The minimum Gasteiger partial charge on any atom is -0.460 e. The Labute approximate surface area is 449 Å². The number of alkyl carbamates (subject to hydrolysis) is 1. The van der Waals surface area contributed by atoms with Crippen LogP contribution >= 0.6 is 0 Å². The topological polar surface area (TPSA) is 103 Å². The zero-order valence-electron chi connectivity index (χ0n) is 46.1. The molecule has 4 aromatic rings. The van der Waals surface area contributed by atoms with Crippen molar-refractivity contribution in [3.63, 3.8) is 0 Å². The smallest absolute Gasteiger partial charge is 0.407 e. The van der Waals surface area contributed by atoms with Crippen molar-refractivity contribution < 1.29 is 27.9 Å². The van der Waals surface area contributed by atoms with Crippen LogP contribution in [0, 0.1) is 13.8 Å². The van der Waals surface area contributed by atoms with E-state index in [1.165, 1.54) is 38.9 Å². The normalized spacial score (nSPS) is 12.3. The van der Waals surface area contributed by atoms with Gasteiger partial charge in [0.1, 0.15) is 62.1 Å². The van der Waals surface area contributed by atoms with E-state index in [1.807, 2.05) is 0 Å². The number of carbonyl (C=O) groups excluding carboxylic acids is 2. The second-order valence-electron chi connectivity index (χ2n) is 19.6. The van der Waals surface area contributed by atoms with Gasteiger partial charge in [0.15, 0.2) is 0 Å². The molecule has 4 aromatic carbocycles. The summed E-state index contributed by atoms with van der Waals surface area (Å²) < 4.78 is 29.2. The fraction of sp³-hybridized carbons (Fsp3) is 0.354. The molecule has 0 saturated carbocycles. The molecule has 0 saturated heterocycles. The highest BCUT2D eigenvalue weighted by Crippen LogP contribution is 2.43. The van der Waals surface area contributed by atoms with Crippen LogP contribution in [-0.2, 0) is 14.3 Å². The van der Waals surface area contributed by atoms with Crippen LogP contribution in [0.2, 0.25) is 0 Å². The van der Waals surface area contributed by atoms with E-state index in [4.69, 9.17) is 18.3 Å². The van der Waals surface area contributed by atoms with Gasteiger partial charge in [0.25, 0.3) is 0 Å². The Bertz CT molecular complexity index is 3420.